The normalized spacial score (nSPS) is 13.1. The molecule has 2 atom stereocenters. The fourth-order valence-electron chi connectivity index (χ4n) is 4.89. The zero-order chi connectivity index (χ0) is 25.8. The maximum atomic E-state index is 12.2. The summed E-state index contributed by atoms with van der Waals surface area (Å²) >= 11 is 0. The quantitative estimate of drug-likeness (QED) is 0.0947. The summed E-state index contributed by atoms with van der Waals surface area (Å²) in [4.78, 5) is 12.2. The van der Waals surface area contributed by atoms with Gasteiger partial charge in [-0.3, -0.25) is 4.79 Å². The van der Waals surface area contributed by atoms with Gasteiger partial charge in [-0.05, 0) is 12.8 Å². The highest BCUT2D eigenvalue weighted by atomic mass is 16.3. The number of unbranched alkanes of at least 4 members (excludes halogenated alkanes) is 21. The van der Waals surface area contributed by atoms with Crippen LogP contribution in [0.1, 0.15) is 174 Å². The van der Waals surface area contributed by atoms with E-state index in [2.05, 4.69) is 19.2 Å². The average molecular weight is 498 g/mol. The first kappa shape index (κ1) is 34.4. The molecule has 0 aliphatic rings. The Bertz CT molecular complexity index is 429. The lowest BCUT2D eigenvalue weighted by atomic mass is 10.0. The van der Waals surface area contributed by atoms with Gasteiger partial charge in [0.25, 0.3) is 0 Å². The van der Waals surface area contributed by atoms with Crippen LogP contribution in [0.4, 0.5) is 0 Å². The van der Waals surface area contributed by atoms with E-state index in [1.165, 1.54) is 122 Å². The van der Waals surface area contributed by atoms with Gasteiger partial charge in [0.15, 0.2) is 0 Å². The number of hydrogen-bond acceptors (Lipinski definition) is 3. The molecular formula is C31H63NO3. The molecule has 35 heavy (non-hydrogen) atoms. The van der Waals surface area contributed by atoms with Gasteiger partial charge in [0.1, 0.15) is 0 Å². The fourth-order valence-corrected chi connectivity index (χ4v) is 4.89. The van der Waals surface area contributed by atoms with Crippen LogP contribution in [-0.2, 0) is 4.79 Å². The lowest BCUT2D eigenvalue weighted by molar-refractivity contribution is -0.123. The van der Waals surface area contributed by atoms with Gasteiger partial charge in [0, 0.05) is 6.42 Å². The molecule has 4 heteroatoms. The van der Waals surface area contributed by atoms with Gasteiger partial charge in [-0.25, -0.2) is 0 Å². The SMILES string of the molecule is CCCCCCCCCCCCCCCC(O)C(CO)NC(=O)CCCCCCCCCCCC. The second-order valence-electron chi connectivity index (χ2n) is 10.9. The molecule has 0 heterocycles. The van der Waals surface area contributed by atoms with Crippen molar-refractivity contribution in [2.24, 2.45) is 0 Å². The molecule has 0 aliphatic heterocycles. The van der Waals surface area contributed by atoms with Crippen molar-refractivity contribution >= 4 is 5.91 Å². The summed E-state index contributed by atoms with van der Waals surface area (Å²) in [6.45, 7) is 4.33. The lowest BCUT2D eigenvalue weighted by Crippen LogP contribution is -2.45. The van der Waals surface area contributed by atoms with Crippen molar-refractivity contribution in [2.45, 2.75) is 187 Å². The second-order valence-corrected chi connectivity index (χ2v) is 10.9. The Morgan fingerprint density at radius 2 is 0.914 bits per heavy atom. The third-order valence-corrected chi connectivity index (χ3v) is 7.37. The molecule has 0 spiro atoms. The molecule has 0 aromatic heterocycles. The summed E-state index contributed by atoms with van der Waals surface area (Å²) in [6.07, 6.45) is 30.0. The molecule has 2 unspecified atom stereocenters. The highest BCUT2D eigenvalue weighted by Crippen LogP contribution is 2.15. The van der Waals surface area contributed by atoms with E-state index in [0.717, 1.165) is 25.7 Å². The molecule has 0 radical (unpaired) electrons. The van der Waals surface area contributed by atoms with Crippen molar-refractivity contribution in [2.75, 3.05) is 6.61 Å². The van der Waals surface area contributed by atoms with E-state index in [4.69, 9.17) is 0 Å². The number of amides is 1. The van der Waals surface area contributed by atoms with Crippen LogP contribution < -0.4 is 5.32 Å². The van der Waals surface area contributed by atoms with Crippen LogP contribution in [0.3, 0.4) is 0 Å². The van der Waals surface area contributed by atoms with Crippen LogP contribution in [0.25, 0.3) is 0 Å². The van der Waals surface area contributed by atoms with Gasteiger partial charge in [0.2, 0.25) is 5.91 Å². The molecule has 0 saturated heterocycles. The number of carbonyl (C=O) groups is 1. The Labute approximate surface area is 219 Å². The summed E-state index contributed by atoms with van der Waals surface area (Å²) in [5.74, 6) is -0.0342. The minimum Gasteiger partial charge on any atom is -0.394 e. The van der Waals surface area contributed by atoms with Gasteiger partial charge in [-0.1, -0.05) is 155 Å². The average Bonchev–Trinajstić information content (AvgIpc) is 2.86. The minimum absolute atomic E-state index is 0.0342. The third kappa shape index (κ3) is 24.8. The van der Waals surface area contributed by atoms with E-state index in [9.17, 15) is 15.0 Å². The van der Waals surface area contributed by atoms with Crippen molar-refractivity contribution < 1.29 is 15.0 Å². The van der Waals surface area contributed by atoms with E-state index < -0.39 is 12.1 Å². The molecule has 3 N–H and O–H groups in total. The van der Waals surface area contributed by atoms with Gasteiger partial charge < -0.3 is 15.5 Å². The van der Waals surface area contributed by atoms with Crippen molar-refractivity contribution in [3.8, 4) is 0 Å². The van der Waals surface area contributed by atoms with Crippen LogP contribution in [0.5, 0.6) is 0 Å². The third-order valence-electron chi connectivity index (χ3n) is 7.37. The van der Waals surface area contributed by atoms with Crippen LogP contribution >= 0.6 is 0 Å². The number of carbonyl (C=O) groups excluding carboxylic acids is 1. The molecule has 0 rings (SSSR count). The minimum atomic E-state index is -0.649. The van der Waals surface area contributed by atoms with E-state index in [-0.39, 0.29) is 12.5 Å². The number of rotatable bonds is 28. The van der Waals surface area contributed by atoms with Gasteiger partial charge in [0.05, 0.1) is 18.8 Å². The van der Waals surface area contributed by atoms with Crippen LogP contribution in [-0.4, -0.2) is 34.9 Å². The maximum Gasteiger partial charge on any atom is 0.220 e. The Kier molecular flexibility index (Phi) is 27.5. The number of hydrogen-bond donors (Lipinski definition) is 3. The van der Waals surface area contributed by atoms with Crippen molar-refractivity contribution in [1.82, 2.24) is 5.32 Å². The Hall–Kier alpha value is -0.610. The monoisotopic (exact) mass is 497 g/mol. The van der Waals surface area contributed by atoms with E-state index in [0.29, 0.717) is 12.8 Å². The Morgan fingerprint density at radius 1 is 0.571 bits per heavy atom. The molecule has 0 fully saturated rings. The Morgan fingerprint density at radius 3 is 1.29 bits per heavy atom. The molecular weight excluding hydrogens is 434 g/mol. The molecule has 0 bridgehead atoms. The fraction of sp³-hybridized carbons (Fsp3) is 0.968. The molecule has 0 saturated carbocycles. The summed E-state index contributed by atoms with van der Waals surface area (Å²) < 4.78 is 0. The topological polar surface area (TPSA) is 69.6 Å². The zero-order valence-corrected chi connectivity index (χ0v) is 23.8. The van der Waals surface area contributed by atoms with Crippen LogP contribution in [0, 0.1) is 0 Å². The number of aliphatic hydroxyl groups is 2. The highest BCUT2D eigenvalue weighted by molar-refractivity contribution is 5.76. The van der Waals surface area contributed by atoms with Crippen LogP contribution in [0.15, 0.2) is 0 Å². The predicted molar refractivity (Wildman–Crippen MR) is 152 cm³/mol. The first-order valence-corrected chi connectivity index (χ1v) is 15.7. The summed E-state index contributed by atoms with van der Waals surface area (Å²) in [5.41, 5.74) is 0. The molecule has 0 aromatic carbocycles. The lowest BCUT2D eigenvalue weighted by Gasteiger charge is -2.22. The first-order chi connectivity index (χ1) is 17.2. The van der Waals surface area contributed by atoms with E-state index >= 15 is 0 Å². The molecule has 4 nitrogen and oxygen atoms in total. The largest absolute Gasteiger partial charge is 0.394 e. The van der Waals surface area contributed by atoms with E-state index in [1.54, 1.807) is 0 Å². The van der Waals surface area contributed by atoms with Gasteiger partial charge in [-0.2, -0.15) is 0 Å². The molecule has 0 aliphatic carbocycles. The standard InChI is InChI=1S/C31H63NO3/c1-3-5-7-9-11-13-15-16-17-18-20-22-24-26-30(34)29(28-33)32-31(35)27-25-23-21-19-14-12-10-8-6-4-2/h29-30,33-34H,3-28H2,1-2H3,(H,32,35). The van der Waals surface area contributed by atoms with Crippen molar-refractivity contribution in [3.63, 3.8) is 0 Å². The predicted octanol–water partition coefficient (Wildman–Crippen LogP) is 8.62. The highest BCUT2D eigenvalue weighted by Gasteiger charge is 2.19. The van der Waals surface area contributed by atoms with Crippen molar-refractivity contribution in [3.05, 3.63) is 0 Å². The molecule has 1 amide bonds. The summed E-state index contributed by atoms with van der Waals surface area (Å²) in [6, 6.07) is -0.525. The smallest absolute Gasteiger partial charge is 0.220 e. The summed E-state index contributed by atoms with van der Waals surface area (Å²) in [7, 11) is 0. The molecule has 210 valence electrons. The molecule has 0 aromatic rings. The zero-order valence-electron chi connectivity index (χ0n) is 23.8. The Balaban J connectivity index is 3.57. The van der Waals surface area contributed by atoms with Gasteiger partial charge in [-0.15, -0.1) is 0 Å². The number of nitrogens with one attached hydrogen (secondary N) is 1. The van der Waals surface area contributed by atoms with Gasteiger partial charge >= 0.3 is 0 Å². The summed E-state index contributed by atoms with van der Waals surface area (Å²) in [5, 5.41) is 22.9. The van der Waals surface area contributed by atoms with E-state index in [1.807, 2.05) is 0 Å². The maximum absolute atomic E-state index is 12.2. The van der Waals surface area contributed by atoms with Crippen LogP contribution in [0.2, 0.25) is 0 Å². The number of aliphatic hydroxyl groups excluding tert-OH is 2. The van der Waals surface area contributed by atoms with Crippen molar-refractivity contribution in [1.29, 1.82) is 0 Å². The first-order valence-electron chi connectivity index (χ1n) is 15.7. The second kappa shape index (κ2) is 28.0.